The zero-order chi connectivity index (χ0) is 16.8. The third kappa shape index (κ3) is 3.10. The van der Waals surface area contributed by atoms with Gasteiger partial charge in [0.25, 0.3) is 0 Å². The molecule has 1 aromatic carbocycles. The van der Waals surface area contributed by atoms with Gasteiger partial charge in [0.05, 0.1) is 0 Å². The Morgan fingerprint density at radius 3 is 2.65 bits per heavy atom. The lowest BCUT2D eigenvalue weighted by Gasteiger charge is -2.17. The molecule has 0 saturated carbocycles. The molecule has 0 radical (unpaired) electrons. The number of rotatable bonds is 2. The molecule has 3 rings (SSSR count). The lowest BCUT2D eigenvalue weighted by molar-refractivity contribution is -0.530. The number of aromatic amines is 1. The molecule has 0 saturated heterocycles. The first-order valence-corrected chi connectivity index (χ1v) is 6.91. The average Bonchev–Trinajstić information content (AvgIpc) is 2.98. The molecule has 0 spiro atoms. The molecule has 0 amide bonds. The standard InChI is InChI=1S/C15H15F2N3O3/c1-14(2,3)20(21)8-10-7-18-13(19-10)9-4-5-11-12(6-9)23-15(16,17)22-11/h4-8H,1-3H3,(H,18,19)/b20-8-. The second-order valence-electron chi connectivity index (χ2n) is 6.13. The molecule has 0 atom stereocenters. The van der Waals surface area contributed by atoms with E-state index in [1.165, 1.54) is 18.3 Å². The molecule has 1 aliphatic heterocycles. The van der Waals surface area contributed by atoms with Crippen LogP contribution < -0.4 is 9.47 Å². The molecule has 0 bridgehead atoms. The molecule has 6 nitrogen and oxygen atoms in total. The molecule has 2 aromatic rings. The molecule has 122 valence electrons. The molecule has 0 fully saturated rings. The number of aromatic nitrogens is 2. The van der Waals surface area contributed by atoms with Gasteiger partial charge in [0, 0.05) is 32.5 Å². The van der Waals surface area contributed by atoms with Crippen molar-refractivity contribution in [2.45, 2.75) is 32.6 Å². The molecular weight excluding hydrogens is 308 g/mol. The number of ether oxygens (including phenoxy) is 2. The van der Waals surface area contributed by atoms with Crippen LogP contribution in [0.5, 0.6) is 11.5 Å². The maximum absolute atomic E-state index is 13.0. The quantitative estimate of drug-likeness (QED) is 0.399. The number of halogens is 2. The van der Waals surface area contributed by atoms with Gasteiger partial charge < -0.3 is 19.7 Å². The number of nitrogens with one attached hydrogen (secondary N) is 1. The molecule has 0 unspecified atom stereocenters. The van der Waals surface area contributed by atoms with Crippen molar-refractivity contribution in [3.63, 3.8) is 0 Å². The van der Waals surface area contributed by atoms with Crippen LogP contribution in [0.1, 0.15) is 26.5 Å². The van der Waals surface area contributed by atoms with Gasteiger partial charge in [-0.3, -0.25) is 0 Å². The van der Waals surface area contributed by atoms with E-state index >= 15 is 0 Å². The molecule has 2 heterocycles. The summed E-state index contributed by atoms with van der Waals surface area (Å²) < 4.78 is 35.6. The number of benzene rings is 1. The van der Waals surface area contributed by atoms with Crippen LogP contribution in [0.4, 0.5) is 8.78 Å². The minimum atomic E-state index is -3.65. The summed E-state index contributed by atoms with van der Waals surface area (Å²) in [6.45, 7) is 5.34. The predicted octanol–water partition coefficient (Wildman–Crippen LogP) is 3.13. The monoisotopic (exact) mass is 323 g/mol. The Hall–Kier alpha value is -2.64. The Bertz CT molecular complexity index is 779. The summed E-state index contributed by atoms with van der Waals surface area (Å²) in [5, 5.41) is 11.9. The summed E-state index contributed by atoms with van der Waals surface area (Å²) in [4.78, 5) is 7.16. The van der Waals surface area contributed by atoms with Crippen molar-refractivity contribution in [2.24, 2.45) is 0 Å². The number of hydroxylamine groups is 1. The maximum atomic E-state index is 13.0. The van der Waals surface area contributed by atoms with Crippen molar-refractivity contribution in [1.29, 1.82) is 0 Å². The van der Waals surface area contributed by atoms with E-state index in [0.717, 1.165) is 4.74 Å². The highest BCUT2D eigenvalue weighted by Crippen LogP contribution is 2.42. The third-order valence-electron chi connectivity index (χ3n) is 3.18. The van der Waals surface area contributed by atoms with Crippen molar-refractivity contribution >= 4 is 6.21 Å². The first-order valence-electron chi connectivity index (χ1n) is 6.91. The van der Waals surface area contributed by atoms with E-state index in [9.17, 15) is 14.0 Å². The molecule has 1 N–H and O–H groups in total. The Labute approximate surface area is 131 Å². The Morgan fingerprint density at radius 2 is 1.96 bits per heavy atom. The van der Waals surface area contributed by atoms with Crippen molar-refractivity contribution in [3.05, 3.63) is 35.3 Å². The number of hydrogen-bond acceptors (Lipinski definition) is 4. The summed E-state index contributed by atoms with van der Waals surface area (Å²) in [6.07, 6.45) is -0.731. The zero-order valence-corrected chi connectivity index (χ0v) is 12.8. The summed E-state index contributed by atoms with van der Waals surface area (Å²) in [5.74, 6) is 0.338. The highest BCUT2D eigenvalue weighted by Gasteiger charge is 2.43. The summed E-state index contributed by atoms with van der Waals surface area (Å²) in [7, 11) is 0. The van der Waals surface area contributed by atoms with E-state index in [1.54, 1.807) is 33.0 Å². The Balaban J connectivity index is 1.88. The Morgan fingerprint density at radius 1 is 1.26 bits per heavy atom. The Kier molecular flexibility index (Phi) is 3.28. The summed E-state index contributed by atoms with van der Waals surface area (Å²) in [6, 6.07) is 4.36. The maximum Gasteiger partial charge on any atom is 0.586 e. The van der Waals surface area contributed by atoms with Gasteiger partial charge in [0.2, 0.25) is 6.21 Å². The van der Waals surface area contributed by atoms with Gasteiger partial charge in [-0.2, -0.15) is 0 Å². The largest absolute Gasteiger partial charge is 0.623 e. The number of imidazole rings is 1. The molecule has 23 heavy (non-hydrogen) atoms. The van der Waals surface area contributed by atoms with Gasteiger partial charge in [-0.25, -0.2) is 9.72 Å². The molecular formula is C15H15F2N3O3. The van der Waals surface area contributed by atoms with E-state index in [2.05, 4.69) is 19.4 Å². The van der Waals surface area contributed by atoms with Crippen molar-refractivity contribution in [1.82, 2.24) is 9.97 Å². The molecule has 0 aliphatic carbocycles. The van der Waals surface area contributed by atoms with Crippen LogP contribution >= 0.6 is 0 Å². The fourth-order valence-electron chi connectivity index (χ4n) is 1.96. The number of fused-ring (bicyclic) bond motifs is 1. The zero-order valence-electron chi connectivity index (χ0n) is 12.8. The van der Waals surface area contributed by atoms with Crippen LogP contribution in [0.2, 0.25) is 0 Å². The third-order valence-corrected chi connectivity index (χ3v) is 3.18. The van der Waals surface area contributed by atoms with Crippen LogP contribution in [-0.2, 0) is 0 Å². The first-order chi connectivity index (χ1) is 10.6. The van der Waals surface area contributed by atoms with Gasteiger partial charge in [-0.1, -0.05) is 0 Å². The van der Waals surface area contributed by atoms with Crippen LogP contribution in [0.25, 0.3) is 11.4 Å². The lowest BCUT2D eigenvalue weighted by atomic mass is 10.1. The van der Waals surface area contributed by atoms with Gasteiger partial charge in [-0.05, 0) is 18.2 Å². The van der Waals surface area contributed by atoms with Crippen molar-refractivity contribution in [3.8, 4) is 22.9 Å². The average molecular weight is 323 g/mol. The predicted molar refractivity (Wildman–Crippen MR) is 78.8 cm³/mol. The van der Waals surface area contributed by atoms with Crippen molar-refractivity contribution in [2.75, 3.05) is 0 Å². The van der Waals surface area contributed by atoms with Crippen LogP contribution in [0.3, 0.4) is 0 Å². The lowest BCUT2D eigenvalue weighted by Crippen LogP contribution is -2.29. The second-order valence-corrected chi connectivity index (χ2v) is 6.13. The van der Waals surface area contributed by atoms with Gasteiger partial charge in [-0.15, -0.1) is 8.78 Å². The van der Waals surface area contributed by atoms with Crippen LogP contribution in [0.15, 0.2) is 24.4 Å². The first kappa shape index (κ1) is 15.3. The summed E-state index contributed by atoms with van der Waals surface area (Å²) >= 11 is 0. The normalized spacial score (nSPS) is 16.7. The van der Waals surface area contributed by atoms with E-state index in [4.69, 9.17) is 0 Å². The number of alkyl halides is 2. The SMILES string of the molecule is CC(C)(C)/[N+]([O-])=C/c1c[nH]c(-c2ccc3c(c2)OC(F)(F)O3)n1. The van der Waals surface area contributed by atoms with Crippen LogP contribution in [-0.4, -0.2) is 32.8 Å². The number of H-pyrrole nitrogens is 1. The topological polar surface area (TPSA) is 73.2 Å². The fraction of sp³-hybridized carbons (Fsp3) is 0.333. The summed E-state index contributed by atoms with van der Waals surface area (Å²) in [5.41, 5.74) is 0.398. The van der Waals surface area contributed by atoms with E-state index in [1.807, 2.05) is 0 Å². The second kappa shape index (κ2) is 4.94. The molecule has 8 heteroatoms. The number of nitrogens with zero attached hydrogens (tertiary/aromatic N) is 2. The smallest absolute Gasteiger partial charge is 0.586 e. The van der Waals surface area contributed by atoms with Gasteiger partial charge in [0.1, 0.15) is 11.5 Å². The minimum Gasteiger partial charge on any atom is -0.623 e. The van der Waals surface area contributed by atoms with Gasteiger partial charge >= 0.3 is 6.29 Å². The van der Waals surface area contributed by atoms with Crippen LogP contribution in [0, 0.1) is 5.21 Å². The van der Waals surface area contributed by atoms with Crippen molar-refractivity contribution < 1.29 is 23.0 Å². The van der Waals surface area contributed by atoms with E-state index in [-0.39, 0.29) is 11.5 Å². The van der Waals surface area contributed by atoms with E-state index < -0.39 is 11.8 Å². The number of hydrogen-bond donors (Lipinski definition) is 1. The van der Waals surface area contributed by atoms with E-state index in [0.29, 0.717) is 17.1 Å². The molecule has 1 aromatic heterocycles. The highest BCUT2D eigenvalue weighted by atomic mass is 19.3. The fourth-order valence-corrected chi connectivity index (χ4v) is 1.96. The molecule has 1 aliphatic rings. The highest BCUT2D eigenvalue weighted by molar-refractivity contribution is 5.74. The minimum absolute atomic E-state index is 0.0319. The van der Waals surface area contributed by atoms with Gasteiger partial charge in [0.15, 0.2) is 17.0 Å².